The Morgan fingerprint density at radius 3 is 2.76 bits per heavy atom. The first-order valence-electron chi connectivity index (χ1n) is 5.94. The molecule has 2 aliphatic rings. The Morgan fingerprint density at radius 1 is 1.47 bits per heavy atom. The largest absolute Gasteiger partial charge is 0.392 e. The Kier molecular flexibility index (Phi) is 2.32. The van der Waals surface area contributed by atoms with E-state index in [4.69, 9.17) is 0 Å². The van der Waals surface area contributed by atoms with Crippen LogP contribution in [0.15, 0.2) is 4.73 Å². The average Bonchev–Trinajstić information content (AvgIpc) is 2.79. The van der Waals surface area contributed by atoms with Crippen molar-refractivity contribution in [3.8, 4) is 0 Å². The van der Waals surface area contributed by atoms with Gasteiger partial charge >= 0.3 is 0 Å². The van der Waals surface area contributed by atoms with Gasteiger partial charge < -0.3 is 10.0 Å². The van der Waals surface area contributed by atoms with Crippen LogP contribution in [0.1, 0.15) is 20.3 Å². The van der Waals surface area contributed by atoms with Crippen molar-refractivity contribution in [3.63, 3.8) is 0 Å². The fourth-order valence-corrected chi connectivity index (χ4v) is 3.93. The predicted molar refractivity (Wildman–Crippen MR) is 67.7 cm³/mol. The third kappa shape index (κ3) is 1.40. The second-order valence-electron chi connectivity index (χ2n) is 5.66. The number of aliphatic hydroxyl groups is 1. The molecule has 6 heteroatoms. The maximum Gasteiger partial charge on any atom is 0.224 e. The normalized spacial score (nSPS) is 34.6. The topological polar surface area (TPSA) is 54.2 Å². The summed E-state index contributed by atoms with van der Waals surface area (Å²) in [6, 6.07) is 0.382. The zero-order valence-electron chi connectivity index (χ0n) is 10.3. The lowest BCUT2D eigenvalue weighted by Crippen LogP contribution is -2.64. The maximum atomic E-state index is 10.1. The smallest absolute Gasteiger partial charge is 0.224 e. The fraction of sp³-hybridized carbons (Fsp3) is 0.818. The summed E-state index contributed by atoms with van der Waals surface area (Å²) in [5.74, 6) is 1.28. The van der Waals surface area contributed by atoms with Crippen LogP contribution in [-0.2, 0) is 7.05 Å². The molecule has 1 aliphatic heterocycles. The van der Waals surface area contributed by atoms with E-state index in [1.54, 1.807) is 4.68 Å². The summed E-state index contributed by atoms with van der Waals surface area (Å²) in [7, 11) is 1.91. The summed E-state index contributed by atoms with van der Waals surface area (Å²) in [6.45, 7) is 5.21. The SMILES string of the molecule is Cn1nc(Br)nc1N1CC[C@@H]2[C@H](O)C(C)(C)[C@@H]21. The van der Waals surface area contributed by atoms with Crippen molar-refractivity contribution in [1.82, 2.24) is 14.8 Å². The molecule has 94 valence electrons. The van der Waals surface area contributed by atoms with Gasteiger partial charge in [0.25, 0.3) is 0 Å². The molecule has 0 aromatic carbocycles. The molecule has 17 heavy (non-hydrogen) atoms. The zero-order valence-corrected chi connectivity index (χ0v) is 11.8. The monoisotopic (exact) mass is 300 g/mol. The highest BCUT2D eigenvalue weighted by molar-refractivity contribution is 9.10. The Labute approximate surface area is 109 Å². The summed E-state index contributed by atoms with van der Waals surface area (Å²) >= 11 is 3.30. The molecule has 0 bridgehead atoms. The van der Waals surface area contributed by atoms with Crippen LogP contribution < -0.4 is 4.90 Å². The van der Waals surface area contributed by atoms with Gasteiger partial charge in [-0.3, -0.25) is 0 Å². The summed E-state index contributed by atoms with van der Waals surface area (Å²) in [5, 5.41) is 14.3. The molecule has 1 aliphatic carbocycles. The molecule has 5 nitrogen and oxygen atoms in total. The predicted octanol–water partition coefficient (Wildman–Crippen LogP) is 1.17. The summed E-state index contributed by atoms with van der Waals surface area (Å²) in [5.41, 5.74) is -0.0560. The molecule has 1 saturated heterocycles. The van der Waals surface area contributed by atoms with E-state index in [0.717, 1.165) is 18.9 Å². The molecule has 0 amide bonds. The minimum atomic E-state index is -0.186. The van der Waals surface area contributed by atoms with E-state index in [-0.39, 0.29) is 11.5 Å². The number of aryl methyl sites for hydroxylation is 1. The van der Waals surface area contributed by atoms with Gasteiger partial charge in [0.15, 0.2) is 0 Å². The minimum absolute atomic E-state index is 0.0560. The van der Waals surface area contributed by atoms with E-state index in [1.807, 2.05) is 7.05 Å². The molecule has 1 aromatic heterocycles. The van der Waals surface area contributed by atoms with Gasteiger partial charge in [-0.15, -0.1) is 5.10 Å². The molecule has 1 N–H and O–H groups in total. The molecule has 0 unspecified atom stereocenters. The lowest BCUT2D eigenvalue weighted by molar-refractivity contribution is -0.106. The highest BCUT2D eigenvalue weighted by atomic mass is 79.9. The first-order chi connectivity index (χ1) is 7.93. The number of fused-ring (bicyclic) bond motifs is 1. The van der Waals surface area contributed by atoms with Crippen molar-refractivity contribution < 1.29 is 5.11 Å². The highest BCUT2D eigenvalue weighted by Crippen LogP contribution is 2.54. The van der Waals surface area contributed by atoms with E-state index >= 15 is 0 Å². The number of halogens is 1. The summed E-state index contributed by atoms with van der Waals surface area (Å²) < 4.78 is 2.42. The number of hydrogen-bond acceptors (Lipinski definition) is 4. The van der Waals surface area contributed by atoms with Crippen molar-refractivity contribution in [2.24, 2.45) is 18.4 Å². The van der Waals surface area contributed by atoms with Crippen LogP contribution in [0.4, 0.5) is 5.95 Å². The van der Waals surface area contributed by atoms with Crippen molar-refractivity contribution in [3.05, 3.63) is 4.73 Å². The van der Waals surface area contributed by atoms with Gasteiger partial charge in [0.2, 0.25) is 10.7 Å². The number of nitrogens with zero attached hydrogens (tertiary/aromatic N) is 4. The quantitative estimate of drug-likeness (QED) is 0.846. The lowest BCUT2D eigenvalue weighted by Gasteiger charge is -2.55. The lowest BCUT2D eigenvalue weighted by atomic mass is 9.58. The van der Waals surface area contributed by atoms with Crippen LogP contribution in [0.3, 0.4) is 0 Å². The first-order valence-corrected chi connectivity index (χ1v) is 6.73. The van der Waals surface area contributed by atoms with Crippen LogP contribution in [-0.4, -0.2) is 38.6 Å². The van der Waals surface area contributed by atoms with E-state index in [0.29, 0.717) is 16.7 Å². The second-order valence-corrected chi connectivity index (χ2v) is 6.37. The minimum Gasteiger partial charge on any atom is -0.392 e. The van der Waals surface area contributed by atoms with Gasteiger partial charge in [-0.1, -0.05) is 13.8 Å². The molecule has 2 heterocycles. The molecular weight excluding hydrogens is 284 g/mol. The number of aliphatic hydroxyl groups excluding tert-OH is 1. The van der Waals surface area contributed by atoms with Crippen LogP contribution in [0, 0.1) is 11.3 Å². The van der Waals surface area contributed by atoms with Gasteiger partial charge in [0.1, 0.15) is 0 Å². The molecule has 3 rings (SSSR count). The van der Waals surface area contributed by atoms with Crippen molar-refractivity contribution in [1.29, 1.82) is 0 Å². The van der Waals surface area contributed by atoms with Gasteiger partial charge in [-0.25, -0.2) is 4.68 Å². The van der Waals surface area contributed by atoms with Gasteiger partial charge in [-0.05, 0) is 22.4 Å². The molecule has 0 radical (unpaired) electrons. The molecule has 2 fully saturated rings. The third-order valence-electron chi connectivity index (χ3n) is 4.35. The average molecular weight is 301 g/mol. The summed E-state index contributed by atoms with van der Waals surface area (Å²) in [4.78, 5) is 6.70. The van der Waals surface area contributed by atoms with Crippen LogP contribution in [0.25, 0.3) is 0 Å². The fourth-order valence-electron chi connectivity index (χ4n) is 3.53. The van der Waals surface area contributed by atoms with Crippen LogP contribution >= 0.6 is 15.9 Å². The van der Waals surface area contributed by atoms with E-state index in [9.17, 15) is 5.11 Å². The van der Waals surface area contributed by atoms with Crippen LogP contribution in [0.5, 0.6) is 0 Å². The highest BCUT2D eigenvalue weighted by Gasteiger charge is 2.61. The standard InChI is InChI=1S/C11H17BrN4O/c1-11(2)7-6(8(11)17)4-5-16(7)10-13-9(12)14-15(10)3/h6-8,17H,4-5H2,1-3H3/t6-,7+,8-/m0/s1. The van der Waals surface area contributed by atoms with Crippen LogP contribution in [0.2, 0.25) is 0 Å². The molecular formula is C11H17BrN4O. The third-order valence-corrected chi connectivity index (χ3v) is 4.68. The van der Waals surface area contributed by atoms with E-state index in [2.05, 4.69) is 44.8 Å². The zero-order chi connectivity index (χ0) is 12.4. The van der Waals surface area contributed by atoms with E-state index in [1.165, 1.54) is 0 Å². The summed E-state index contributed by atoms with van der Waals surface area (Å²) in [6.07, 6.45) is 0.855. The first kappa shape index (κ1) is 11.5. The van der Waals surface area contributed by atoms with E-state index < -0.39 is 0 Å². The Bertz CT molecular complexity index is 458. The van der Waals surface area contributed by atoms with Crippen molar-refractivity contribution in [2.45, 2.75) is 32.4 Å². The molecule has 1 aromatic rings. The second kappa shape index (κ2) is 3.45. The Morgan fingerprint density at radius 2 is 2.18 bits per heavy atom. The molecule has 3 atom stereocenters. The van der Waals surface area contributed by atoms with Crippen molar-refractivity contribution in [2.75, 3.05) is 11.4 Å². The molecule has 0 spiro atoms. The van der Waals surface area contributed by atoms with Gasteiger partial charge in [-0.2, -0.15) is 4.98 Å². The van der Waals surface area contributed by atoms with Gasteiger partial charge in [0, 0.05) is 31.0 Å². The Balaban J connectivity index is 1.94. The number of hydrogen-bond donors (Lipinski definition) is 1. The number of rotatable bonds is 1. The number of aromatic nitrogens is 3. The number of anilines is 1. The Hall–Kier alpha value is -0.620. The van der Waals surface area contributed by atoms with Gasteiger partial charge in [0.05, 0.1) is 6.10 Å². The van der Waals surface area contributed by atoms with Crippen molar-refractivity contribution >= 4 is 21.9 Å². The maximum absolute atomic E-state index is 10.1. The molecule has 1 saturated carbocycles.